The van der Waals surface area contributed by atoms with Crippen LogP contribution in [0.1, 0.15) is 13.8 Å². The molecule has 3 N–H and O–H groups in total. The monoisotopic (exact) mass is 286 g/mol. The van der Waals surface area contributed by atoms with E-state index < -0.39 is 0 Å². The molecule has 0 heterocycles. The Morgan fingerprint density at radius 1 is 1.44 bits per heavy atom. The molecule has 0 saturated heterocycles. The molecule has 1 rings (SSSR count). The number of carbonyl (C=O) groups excluding carboxylic acids is 1. The van der Waals surface area contributed by atoms with Crippen molar-refractivity contribution >= 4 is 29.3 Å². The van der Waals surface area contributed by atoms with Crippen LogP contribution < -0.4 is 11.1 Å². The van der Waals surface area contributed by atoms with Gasteiger partial charge in [0.25, 0.3) is 0 Å². The smallest absolute Gasteiger partial charge is 0.233 e. The van der Waals surface area contributed by atoms with E-state index in [1.165, 1.54) is 11.8 Å². The lowest BCUT2D eigenvalue weighted by Gasteiger charge is -2.15. The van der Waals surface area contributed by atoms with E-state index in [0.29, 0.717) is 24.0 Å². The third-order valence-electron chi connectivity index (χ3n) is 2.54. The van der Waals surface area contributed by atoms with Crippen LogP contribution in [-0.2, 0) is 4.79 Å². The topological polar surface area (TPSA) is 55.1 Å². The first-order valence-corrected chi connectivity index (χ1v) is 7.19. The second-order valence-electron chi connectivity index (χ2n) is 4.28. The number of rotatable bonds is 6. The van der Waals surface area contributed by atoms with Gasteiger partial charge in [0.1, 0.15) is 0 Å². The maximum Gasteiger partial charge on any atom is 0.233 e. The molecule has 0 spiro atoms. The predicted octanol–water partition coefficient (Wildman–Crippen LogP) is 2.53. The highest BCUT2D eigenvalue weighted by Gasteiger charge is 2.15. The van der Waals surface area contributed by atoms with Crippen molar-refractivity contribution < 1.29 is 4.79 Å². The molecule has 3 nitrogen and oxygen atoms in total. The van der Waals surface area contributed by atoms with Gasteiger partial charge in [-0.2, -0.15) is 0 Å². The average Bonchev–Trinajstić information content (AvgIpc) is 2.38. The summed E-state index contributed by atoms with van der Waals surface area (Å²) >= 11 is 7.52. The molecule has 0 radical (unpaired) electrons. The van der Waals surface area contributed by atoms with Crippen LogP contribution in [0.15, 0.2) is 29.2 Å². The van der Waals surface area contributed by atoms with E-state index in [9.17, 15) is 4.79 Å². The highest BCUT2D eigenvalue weighted by atomic mass is 35.5. The molecule has 0 aromatic heterocycles. The summed E-state index contributed by atoms with van der Waals surface area (Å²) in [6.45, 7) is 5.07. The molecular weight excluding hydrogens is 268 g/mol. The van der Waals surface area contributed by atoms with Crippen LogP contribution in [-0.4, -0.2) is 24.2 Å². The van der Waals surface area contributed by atoms with Crippen LogP contribution in [0.5, 0.6) is 0 Å². The Morgan fingerprint density at radius 3 is 2.72 bits per heavy atom. The highest BCUT2D eigenvalue weighted by Crippen LogP contribution is 2.29. The van der Waals surface area contributed by atoms with E-state index in [-0.39, 0.29) is 11.2 Å². The molecule has 2 unspecified atom stereocenters. The molecule has 0 bridgehead atoms. The Morgan fingerprint density at radius 2 is 2.11 bits per heavy atom. The second-order valence-corrected chi connectivity index (χ2v) is 6.07. The molecule has 0 aliphatic heterocycles. The van der Waals surface area contributed by atoms with Gasteiger partial charge in [0.05, 0.1) is 10.3 Å². The average molecular weight is 287 g/mol. The Bertz CT molecular complexity index is 400. The first kappa shape index (κ1) is 15.3. The number of thioether (sulfide) groups is 1. The zero-order valence-electron chi connectivity index (χ0n) is 10.7. The van der Waals surface area contributed by atoms with Gasteiger partial charge in [-0.3, -0.25) is 4.79 Å². The molecule has 0 saturated carbocycles. The van der Waals surface area contributed by atoms with Gasteiger partial charge in [-0.1, -0.05) is 30.7 Å². The van der Waals surface area contributed by atoms with Crippen LogP contribution in [0.25, 0.3) is 0 Å². The van der Waals surface area contributed by atoms with Crippen molar-refractivity contribution in [1.82, 2.24) is 5.32 Å². The number of amides is 1. The lowest BCUT2D eigenvalue weighted by atomic mass is 10.2. The molecule has 18 heavy (non-hydrogen) atoms. The molecule has 100 valence electrons. The van der Waals surface area contributed by atoms with Gasteiger partial charge >= 0.3 is 0 Å². The fraction of sp³-hybridized carbons (Fsp3) is 0.462. The van der Waals surface area contributed by atoms with E-state index >= 15 is 0 Å². The van der Waals surface area contributed by atoms with Crippen molar-refractivity contribution in [3.8, 4) is 0 Å². The van der Waals surface area contributed by atoms with Crippen molar-refractivity contribution in [3.05, 3.63) is 29.3 Å². The number of benzene rings is 1. The summed E-state index contributed by atoms with van der Waals surface area (Å²) in [4.78, 5) is 12.8. The lowest BCUT2D eigenvalue weighted by molar-refractivity contribution is -0.120. The number of nitrogens with two attached hydrogens (primary N) is 1. The third-order valence-corrected chi connectivity index (χ3v) is 4.16. The minimum Gasteiger partial charge on any atom is -0.355 e. The molecule has 1 aromatic carbocycles. The number of carbonyl (C=O) groups is 1. The minimum absolute atomic E-state index is 0.0141. The molecule has 0 aliphatic carbocycles. The molecule has 0 fully saturated rings. The van der Waals surface area contributed by atoms with E-state index in [1.54, 1.807) is 0 Å². The maximum atomic E-state index is 11.9. The largest absolute Gasteiger partial charge is 0.355 e. The van der Waals surface area contributed by atoms with Crippen LogP contribution in [0.2, 0.25) is 5.02 Å². The predicted molar refractivity (Wildman–Crippen MR) is 78.0 cm³/mol. The molecule has 2 atom stereocenters. The molecule has 1 aromatic rings. The van der Waals surface area contributed by atoms with Gasteiger partial charge in [-0.15, -0.1) is 11.8 Å². The normalized spacial score (nSPS) is 14.0. The quantitative estimate of drug-likeness (QED) is 0.790. The van der Waals surface area contributed by atoms with Crippen molar-refractivity contribution in [3.63, 3.8) is 0 Å². The van der Waals surface area contributed by atoms with Gasteiger partial charge in [0.15, 0.2) is 0 Å². The van der Waals surface area contributed by atoms with Gasteiger partial charge in [0.2, 0.25) is 5.91 Å². The summed E-state index contributed by atoms with van der Waals surface area (Å²) < 4.78 is 0. The van der Waals surface area contributed by atoms with E-state index in [2.05, 4.69) is 5.32 Å². The van der Waals surface area contributed by atoms with E-state index in [4.69, 9.17) is 17.3 Å². The van der Waals surface area contributed by atoms with Crippen LogP contribution in [0.4, 0.5) is 0 Å². The second kappa shape index (κ2) is 7.67. The van der Waals surface area contributed by atoms with E-state index in [0.717, 1.165) is 4.90 Å². The Balaban J connectivity index is 2.47. The number of nitrogens with one attached hydrogen (secondary N) is 1. The Hall–Kier alpha value is -0.710. The first-order chi connectivity index (χ1) is 8.54. The fourth-order valence-corrected chi connectivity index (χ4v) is 2.46. The highest BCUT2D eigenvalue weighted by molar-refractivity contribution is 8.00. The van der Waals surface area contributed by atoms with Gasteiger partial charge in [-0.05, 0) is 31.5 Å². The molecule has 1 amide bonds. The van der Waals surface area contributed by atoms with Crippen LogP contribution in [0, 0.1) is 5.92 Å². The fourth-order valence-electron chi connectivity index (χ4n) is 1.29. The zero-order valence-corrected chi connectivity index (χ0v) is 12.2. The van der Waals surface area contributed by atoms with Crippen molar-refractivity contribution in [2.24, 2.45) is 11.7 Å². The first-order valence-electron chi connectivity index (χ1n) is 5.93. The van der Waals surface area contributed by atoms with Crippen molar-refractivity contribution in [2.75, 3.05) is 13.1 Å². The third kappa shape index (κ3) is 4.88. The summed E-state index contributed by atoms with van der Waals surface area (Å²) in [5.74, 6) is 0.312. The molecular formula is C13H19ClN2OS. The summed E-state index contributed by atoms with van der Waals surface area (Å²) in [6, 6.07) is 7.53. The van der Waals surface area contributed by atoms with Gasteiger partial charge in [-0.25, -0.2) is 0 Å². The maximum absolute atomic E-state index is 11.9. The standard InChI is InChI=1S/C13H19ClN2OS/c1-9(7-15)8-16-13(17)10(2)18-12-6-4-3-5-11(12)14/h3-6,9-10H,7-8,15H2,1-2H3,(H,16,17). The lowest BCUT2D eigenvalue weighted by Crippen LogP contribution is -2.35. The van der Waals surface area contributed by atoms with Crippen molar-refractivity contribution in [1.29, 1.82) is 0 Å². The van der Waals surface area contributed by atoms with Crippen LogP contribution in [0.3, 0.4) is 0 Å². The Kier molecular flexibility index (Phi) is 6.54. The number of hydrogen-bond donors (Lipinski definition) is 2. The van der Waals surface area contributed by atoms with Gasteiger partial charge < -0.3 is 11.1 Å². The zero-order chi connectivity index (χ0) is 13.5. The SMILES string of the molecule is CC(CN)CNC(=O)C(C)Sc1ccccc1Cl. The van der Waals surface area contributed by atoms with Crippen molar-refractivity contribution in [2.45, 2.75) is 24.0 Å². The number of halogens is 1. The summed E-state index contributed by atoms with van der Waals surface area (Å²) in [7, 11) is 0. The summed E-state index contributed by atoms with van der Waals surface area (Å²) in [6.07, 6.45) is 0. The minimum atomic E-state index is -0.171. The van der Waals surface area contributed by atoms with Crippen LogP contribution >= 0.6 is 23.4 Å². The Labute approximate surface area is 117 Å². The summed E-state index contributed by atoms with van der Waals surface area (Å²) in [5, 5.41) is 3.40. The van der Waals surface area contributed by atoms with E-state index in [1.807, 2.05) is 38.1 Å². The summed E-state index contributed by atoms with van der Waals surface area (Å²) in [5.41, 5.74) is 5.50. The number of hydrogen-bond acceptors (Lipinski definition) is 3. The molecule has 0 aliphatic rings. The van der Waals surface area contributed by atoms with Gasteiger partial charge in [0, 0.05) is 11.4 Å². The molecule has 5 heteroatoms.